The van der Waals surface area contributed by atoms with Crippen molar-refractivity contribution in [1.29, 1.82) is 0 Å². The van der Waals surface area contributed by atoms with Gasteiger partial charge in [0.2, 0.25) is 5.91 Å². The van der Waals surface area contributed by atoms with E-state index >= 15 is 0 Å². The first kappa shape index (κ1) is 17.4. The second-order valence-electron chi connectivity index (χ2n) is 7.10. The lowest BCUT2D eigenvalue weighted by molar-refractivity contribution is -0.132. The van der Waals surface area contributed by atoms with Crippen molar-refractivity contribution in [2.75, 3.05) is 20.1 Å². The number of piperidine rings is 1. The molecular formula is C21H24N4O2. The van der Waals surface area contributed by atoms with E-state index in [1.54, 1.807) is 11.9 Å². The number of amides is 3. The minimum absolute atomic E-state index is 0.0148. The Hall–Kier alpha value is -3.02. The summed E-state index contributed by atoms with van der Waals surface area (Å²) >= 11 is 0. The first-order valence-corrected chi connectivity index (χ1v) is 9.38. The first-order valence-electron chi connectivity index (χ1n) is 9.38. The monoisotopic (exact) mass is 364 g/mol. The molecule has 2 aromatic carbocycles. The Morgan fingerprint density at radius 3 is 2.33 bits per heavy atom. The van der Waals surface area contributed by atoms with Crippen LogP contribution in [0, 0.1) is 0 Å². The number of benzene rings is 2. The number of rotatable bonds is 4. The van der Waals surface area contributed by atoms with Gasteiger partial charge >= 0.3 is 6.03 Å². The molecule has 0 bridgehead atoms. The molecule has 0 aliphatic carbocycles. The van der Waals surface area contributed by atoms with Gasteiger partial charge < -0.3 is 20.1 Å². The summed E-state index contributed by atoms with van der Waals surface area (Å²) in [5.74, 6) is 0.139. The number of hydrogen-bond acceptors (Lipinski definition) is 2. The van der Waals surface area contributed by atoms with Gasteiger partial charge in [-0.15, -0.1) is 0 Å². The van der Waals surface area contributed by atoms with Crippen LogP contribution in [-0.4, -0.2) is 47.6 Å². The van der Waals surface area contributed by atoms with E-state index in [0.717, 1.165) is 0 Å². The molecule has 6 nitrogen and oxygen atoms in total. The molecule has 1 aliphatic rings. The van der Waals surface area contributed by atoms with E-state index in [2.05, 4.69) is 51.6 Å². The molecule has 1 fully saturated rings. The second kappa shape index (κ2) is 7.31. The number of hydrogen-bond donors (Lipinski definition) is 2. The number of urea groups is 1. The van der Waals surface area contributed by atoms with E-state index in [1.165, 1.54) is 21.8 Å². The predicted octanol–water partition coefficient (Wildman–Crippen LogP) is 2.71. The van der Waals surface area contributed by atoms with Gasteiger partial charge in [-0.2, -0.15) is 0 Å². The predicted molar refractivity (Wildman–Crippen MR) is 107 cm³/mol. The lowest BCUT2D eigenvalue weighted by Crippen LogP contribution is -2.51. The smallest absolute Gasteiger partial charge is 0.315 e. The molecule has 3 aromatic rings. The Kier molecular flexibility index (Phi) is 4.71. The summed E-state index contributed by atoms with van der Waals surface area (Å²) in [6.07, 6.45) is 1.19. The molecule has 1 unspecified atom stereocenters. The molecule has 1 saturated heterocycles. The summed E-state index contributed by atoms with van der Waals surface area (Å²) in [6, 6.07) is 16.5. The van der Waals surface area contributed by atoms with Crippen LogP contribution in [0.25, 0.3) is 21.8 Å². The summed E-state index contributed by atoms with van der Waals surface area (Å²) in [5.41, 5.74) is 2.35. The van der Waals surface area contributed by atoms with Gasteiger partial charge in [0.05, 0.1) is 0 Å². The molecule has 6 heteroatoms. The average molecular weight is 364 g/mol. The minimum atomic E-state index is -0.177. The van der Waals surface area contributed by atoms with Crippen LogP contribution in [-0.2, 0) is 11.3 Å². The van der Waals surface area contributed by atoms with Crippen LogP contribution in [0.4, 0.5) is 4.79 Å². The highest BCUT2D eigenvalue weighted by molar-refractivity contribution is 6.07. The van der Waals surface area contributed by atoms with Crippen LogP contribution in [0.15, 0.2) is 48.5 Å². The summed E-state index contributed by atoms with van der Waals surface area (Å²) in [5, 5.41) is 8.38. The van der Waals surface area contributed by atoms with Crippen LogP contribution in [0.5, 0.6) is 0 Å². The molecule has 0 radical (unpaired) electrons. The molecule has 1 atom stereocenters. The van der Waals surface area contributed by atoms with Crippen molar-refractivity contribution in [3.63, 3.8) is 0 Å². The van der Waals surface area contributed by atoms with E-state index in [0.29, 0.717) is 32.5 Å². The fourth-order valence-corrected chi connectivity index (χ4v) is 3.89. The third-order valence-corrected chi connectivity index (χ3v) is 5.26. The molecule has 0 saturated carbocycles. The van der Waals surface area contributed by atoms with E-state index in [1.807, 2.05) is 12.1 Å². The Bertz CT molecular complexity index is 941. The lowest BCUT2D eigenvalue weighted by Gasteiger charge is -2.30. The maximum Gasteiger partial charge on any atom is 0.315 e. The third-order valence-electron chi connectivity index (χ3n) is 5.26. The Labute approximate surface area is 158 Å². The van der Waals surface area contributed by atoms with Gasteiger partial charge in [0.1, 0.15) is 0 Å². The summed E-state index contributed by atoms with van der Waals surface area (Å²) < 4.78 is 2.25. The topological polar surface area (TPSA) is 66.4 Å². The highest BCUT2D eigenvalue weighted by Crippen LogP contribution is 2.28. The van der Waals surface area contributed by atoms with Gasteiger partial charge in [-0.3, -0.25) is 4.79 Å². The number of carbonyl (C=O) groups is 2. The largest absolute Gasteiger partial charge is 0.344 e. The van der Waals surface area contributed by atoms with Crippen molar-refractivity contribution >= 4 is 33.7 Å². The Morgan fingerprint density at radius 2 is 1.70 bits per heavy atom. The molecule has 27 heavy (non-hydrogen) atoms. The molecule has 2 heterocycles. The third kappa shape index (κ3) is 3.47. The average Bonchev–Trinajstić information content (AvgIpc) is 2.99. The van der Waals surface area contributed by atoms with Crippen LogP contribution < -0.4 is 10.6 Å². The van der Waals surface area contributed by atoms with Gasteiger partial charge in [-0.1, -0.05) is 36.4 Å². The number of carbonyl (C=O) groups excluding carboxylic acids is 2. The van der Waals surface area contributed by atoms with Crippen molar-refractivity contribution in [3.05, 3.63) is 48.5 Å². The van der Waals surface area contributed by atoms with Gasteiger partial charge in [0, 0.05) is 61.0 Å². The zero-order chi connectivity index (χ0) is 18.8. The molecule has 4 rings (SSSR count). The number of para-hydroxylation sites is 2. The maximum atomic E-state index is 12.2. The molecule has 1 aromatic heterocycles. The number of likely N-dealkylation sites (tertiary alicyclic amines) is 1. The van der Waals surface area contributed by atoms with Gasteiger partial charge in [-0.05, 0) is 18.6 Å². The molecule has 3 amide bonds. The Balaban J connectivity index is 1.40. The van der Waals surface area contributed by atoms with Crippen LogP contribution in [0.2, 0.25) is 0 Å². The van der Waals surface area contributed by atoms with Crippen molar-refractivity contribution < 1.29 is 9.59 Å². The fourth-order valence-electron chi connectivity index (χ4n) is 3.89. The number of aromatic nitrogens is 1. The second-order valence-corrected chi connectivity index (χ2v) is 7.10. The van der Waals surface area contributed by atoms with Crippen molar-refractivity contribution in [2.24, 2.45) is 0 Å². The normalized spacial score (nSPS) is 17.4. The number of nitrogens with zero attached hydrogens (tertiary/aromatic N) is 2. The molecule has 140 valence electrons. The standard InChI is InChI=1S/C21H24N4O2/c1-24-14-15(10-11-20(24)26)23-21(27)22-12-13-25-18-8-4-2-6-16(18)17-7-3-5-9-19(17)25/h2-9,15H,10-14H2,1H3,(H2,22,23,27). The highest BCUT2D eigenvalue weighted by atomic mass is 16.2. The van der Waals surface area contributed by atoms with Crippen molar-refractivity contribution in [1.82, 2.24) is 20.1 Å². The van der Waals surface area contributed by atoms with Gasteiger partial charge in [-0.25, -0.2) is 4.79 Å². The Morgan fingerprint density at radius 1 is 1.07 bits per heavy atom. The van der Waals surface area contributed by atoms with E-state index in [4.69, 9.17) is 0 Å². The molecule has 2 N–H and O–H groups in total. The molecule has 1 aliphatic heterocycles. The lowest BCUT2D eigenvalue weighted by atomic mass is 10.1. The van der Waals surface area contributed by atoms with Crippen LogP contribution >= 0.6 is 0 Å². The molecule has 0 spiro atoms. The van der Waals surface area contributed by atoms with E-state index < -0.39 is 0 Å². The van der Waals surface area contributed by atoms with Gasteiger partial charge in [0.15, 0.2) is 0 Å². The van der Waals surface area contributed by atoms with Crippen LogP contribution in [0.1, 0.15) is 12.8 Å². The summed E-state index contributed by atoms with van der Waals surface area (Å²) in [7, 11) is 1.77. The summed E-state index contributed by atoms with van der Waals surface area (Å²) in [6.45, 7) is 1.81. The zero-order valence-electron chi connectivity index (χ0n) is 15.4. The van der Waals surface area contributed by atoms with Crippen molar-refractivity contribution in [2.45, 2.75) is 25.4 Å². The maximum absolute atomic E-state index is 12.2. The van der Waals surface area contributed by atoms with Crippen LogP contribution in [0.3, 0.4) is 0 Å². The van der Waals surface area contributed by atoms with E-state index in [-0.39, 0.29) is 18.0 Å². The zero-order valence-corrected chi connectivity index (χ0v) is 15.4. The van der Waals surface area contributed by atoms with Crippen molar-refractivity contribution in [3.8, 4) is 0 Å². The highest BCUT2D eigenvalue weighted by Gasteiger charge is 2.23. The summed E-state index contributed by atoms with van der Waals surface area (Å²) in [4.78, 5) is 25.4. The SMILES string of the molecule is CN1CC(NC(=O)NCCn2c3ccccc3c3ccccc32)CCC1=O. The van der Waals surface area contributed by atoms with E-state index in [9.17, 15) is 9.59 Å². The first-order chi connectivity index (χ1) is 13.1. The van der Waals surface area contributed by atoms with Gasteiger partial charge in [0.25, 0.3) is 0 Å². The number of likely N-dealkylation sites (N-methyl/N-ethyl adjacent to an activating group) is 1. The fraction of sp³-hybridized carbons (Fsp3) is 0.333. The quantitative estimate of drug-likeness (QED) is 0.748. The molecular weight excluding hydrogens is 340 g/mol. The number of nitrogens with one attached hydrogen (secondary N) is 2. The minimum Gasteiger partial charge on any atom is -0.344 e. The number of fused-ring (bicyclic) bond motifs is 3.